The highest BCUT2D eigenvalue weighted by molar-refractivity contribution is 8.07. The van der Waals surface area contributed by atoms with Crippen LogP contribution in [0, 0.1) is 0 Å². The van der Waals surface area contributed by atoms with Crippen molar-refractivity contribution in [3.05, 3.63) is 48.0 Å². The molecule has 4 nitrogen and oxygen atoms in total. The molecule has 0 radical (unpaired) electrons. The minimum absolute atomic E-state index is 0.0381. The highest BCUT2D eigenvalue weighted by Gasteiger charge is 2.69. The number of hydrogen-bond acceptors (Lipinski definition) is 4. The van der Waals surface area contributed by atoms with E-state index in [1.54, 1.807) is 6.08 Å². The molecule has 3 aliphatic rings. The second kappa shape index (κ2) is 5.19. The Labute approximate surface area is 140 Å². The molecule has 3 heterocycles. The number of nitrogens with zero attached hydrogens (tertiary/aromatic N) is 1. The van der Waals surface area contributed by atoms with Crippen molar-refractivity contribution in [1.82, 2.24) is 4.90 Å². The van der Waals surface area contributed by atoms with Crippen LogP contribution in [0.1, 0.15) is 18.9 Å². The first-order valence-electron chi connectivity index (χ1n) is 7.80. The topological polar surface area (TPSA) is 54.5 Å². The highest BCUT2D eigenvalue weighted by atomic mass is 32.3. The van der Waals surface area contributed by atoms with Crippen molar-refractivity contribution in [1.29, 1.82) is 0 Å². The standard InChI is InChI=1S/C17H19NO3S2/c1-16-8-7-15(19)14(11-17(16)22(20)9-10-23(17)21)18(16)12-13-5-3-2-4-6-13/h2-8,14H,9-12H2,1H3/t14-,16-,17?,22?,23?/m0/s1. The van der Waals surface area contributed by atoms with E-state index in [2.05, 4.69) is 4.90 Å². The van der Waals surface area contributed by atoms with Gasteiger partial charge in [-0.05, 0) is 18.6 Å². The summed E-state index contributed by atoms with van der Waals surface area (Å²) in [4.78, 5) is 14.5. The molecule has 122 valence electrons. The number of fused-ring (bicyclic) bond motifs is 3. The lowest BCUT2D eigenvalue weighted by Crippen LogP contribution is -2.58. The maximum Gasteiger partial charge on any atom is 0.172 e. The summed E-state index contributed by atoms with van der Waals surface area (Å²) in [5.41, 5.74) is 0.506. The SMILES string of the molecule is C[C@]12C=CC(=O)[C@H](CC13S(=O)CCS3=O)N2Cc1ccccc1. The average Bonchev–Trinajstić information content (AvgIpc) is 2.93. The van der Waals surface area contributed by atoms with Crippen LogP contribution >= 0.6 is 0 Å². The molecule has 3 aliphatic heterocycles. The number of carbonyl (C=O) groups excluding carboxylic acids is 1. The van der Waals surface area contributed by atoms with E-state index in [0.717, 1.165) is 5.56 Å². The first-order chi connectivity index (χ1) is 11.0. The number of benzene rings is 1. The second-order valence-electron chi connectivity index (χ2n) is 6.57. The van der Waals surface area contributed by atoms with Crippen LogP contribution in [0.4, 0.5) is 0 Å². The lowest BCUT2D eigenvalue weighted by atomic mass is 9.95. The third-order valence-electron chi connectivity index (χ3n) is 5.49. The van der Waals surface area contributed by atoms with Crippen LogP contribution in [0.2, 0.25) is 0 Å². The van der Waals surface area contributed by atoms with Gasteiger partial charge in [0.2, 0.25) is 0 Å². The molecular formula is C17H19NO3S2. The van der Waals surface area contributed by atoms with Gasteiger partial charge in [-0.25, -0.2) is 0 Å². The molecule has 1 aromatic rings. The number of hydrogen-bond donors (Lipinski definition) is 0. The fourth-order valence-electron chi connectivity index (χ4n) is 4.23. The quantitative estimate of drug-likeness (QED) is 0.809. The molecule has 23 heavy (non-hydrogen) atoms. The van der Waals surface area contributed by atoms with Gasteiger partial charge in [0.05, 0.1) is 11.6 Å². The van der Waals surface area contributed by atoms with E-state index in [4.69, 9.17) is 0 Å². The number of ketones is 1. The first-order valence-corrected chi connectivity index (χ1v) is 10.4. The predicted octanol–water partition coefficient (Wildman–Crippen LogP) is 1.37. The van der Waals surface area contributed by atoms with Gasteiger partial charge in [-0.2, -0.15) is 0 Å². The maximum absolute atomic E-state index is 12.8. The molecule has 2 bridgehead atoms. The lowest BCUT2D eigenvalue weighted by molar-refractivity contribution is -0.120. The Bertz CT molecular complexity index is 729. The molecule has 2 unspecified atom stereocenters. The maximum atomic E-state index is 12.8. The molecule has 0 N–H and O–H groups in total. The summed E-state index contributed by atoms with van der Waals surface area (Å²) >= 11 is 0. The van der Waals surface area contributed by atoms with Crippen molar-refractivity contribution >= 4 is 27.4 Å². The van der Waals surface area contributed by atoms with E-state index in [1.165, 1.54) is 0 Å². The van der Waals surface area contributed by atoms with Gasteiger partial charge < -0.3 is 0 Å². The fourth-order valence-corrected chi connectivity index (χ4v) is 9.41. The minimum Gasteiger partial charge on any atom is -0.293 e. The monoisotopic (exact) mass is 349 g/mol. The normalized spacial score (nSPS) is 42.7. The molecule has 4 rings (SSSR count). The van der Waals surface area contributed by atoms with Crippen LogP contribution in [0.5, 0.6) is 0 Å². The molecule has 6 heteroatoms. The molecule has 2 fully saturated rings. The van der Waals surface area contributed by atoms with Crippen molar-refractivity contribution in [3.63, 3.8) is 0 Å². The smallest absolute Gasteiger partial charge is 0.172 e. The van der Waals surface area contributed by atoms with Crippen LogP contribution in [-0.2, 0) is 32.9 Å². The first kappa shape index (κ1) is 15.4. The van der Waals surface area contributed by atoms with Gasteiger partial charge in [-0.15, -0.1) is 0 Å². The molecule has 0 aromatic heterocycles. The van der Waals surface area contributed by atoms with Crippen molar-refractivity contribution in [2.75, 3.05) is 11.5 Å². The molecule has 0 amide bonds. The Morgan fingerprint density at radius 1 is 1.17 bits per heavy atom. The van der Waals surface area contributed by atoms with Gasteiger partial charge >= 0.3 is 0 Å². The van der Waals surface area contributed by atoms with E-state index in [0.29, 0.717) is 24.5 Å². The Morgan fingerprint density at radius 2 is 1.83 bits per heavy atom. The van der Waals surface area contributed by atoms with Crippen molar-refractivity contribution in [2.24, 2.45) is 0 Å². The van der Waals surface area contributed by atoms with Crippen LogP contribution < -0.4 is 0 Å². The van der Waals surface area contributed by atoms with Gasteiger partial charge in [0.15, 0.2) is 5.78 Å². The van der Waals surface area contributed by atoms with Crippen LogP contribution in [0.15, 0.2) is 42.5 Å². The predicted molar refractivity (Wildman–Crippen MR) is 91.7 cm³/mol. The number of rotatable bonds is 2. The molecule has 1 spiro atoms. The molecule has 0 saturated carbocycles. The summed E-state index contributed by atoms with van der Waals surface area (Å²) in [6.45, 7) is 2.61. The Morgan fingerprint density at radius 3 is 2.48 bits per heavy atom. The van der Waals surface area contributed by atoms with Crippen molar-refractivity contribution in [3.8, 4) is 0 Å². The van der Waals surface area contributed by atoms with E-state index in [-0.39, 0.29) is 11.8 Å². The highest BCUT2D eigenvalue weighted by Crippen LogP contribution is 2.54. The number of carbonyl (C=O) groups is 1. The summed E-state index contributed by atoms with van der Waals surface area (Å²) in [6.07, 6.45) is 3.89. The lowest BCUT2D eigenvalue weighted by Gasteiger charge is -2.43. The van der Waals surface area contributed by atoms with E-state index >= 15 is 0 Å². The zero-order chi connectivity index (χ0) is 16.2. The molecule has 0 aliphatic carbocycles. The molecule has 2 saturated heterocycles. The summed E-state index contributed by atoms with van der Waals surface area (Å²) in [6, 6.07) is 9.65. The van der Waals surface area contributed by atoms with Crippen LogP contribution in [0.25, 0.3) is 0 Å². The Balaban J connectivity index is 1.82. The Kier molecular flexibility index (Phi) is 3.48. The molecule has 1 aromatic carbocycles. The molecular weight excluding hydrogens is 330 g/mol. The van der Waals surface area contributed by atoms with Crippen molar-refractivity contribution in [2.45, 2.75) is 35.5 Å². The van der Waals surface area contributed by atoms with Gasteiger partial charge in [0.1, 0.15) is 4.08 Å². The van der Waals surface area contributed by atoms with Crippen molar-refractivity contribution < 1.29 is 13.2 Å². The summed E-state index contributed by atoms with van der Waals surface area (Å²) in [5, 5.41) is 0. The third kappa shape index (κ3) is 1.95. The fraction of sp³-hybridized carbons (Fsp3) is 0.471. The van der Waals surface area contributed by atoms with Crippen LogP contribution in [-0.4, -0.2) is 46.3 Å². The summed E-state index contributed by atoms with van der Waals surface area (Å²) in [5.74, 6) is 0.975. The zero-order valence-electron chi connectivity index (χ0n) is 12.9. The van der Waals surface area contributed by atoms with Crippen LogP contribution in [0.3, 0.4) is 0 Å². The van der Waals surface area contributed by atoms with E-state index < -0.39 is 31.2 Å². The summed E-state index contributed by atoms with van der Waals surface area (Å²) < 4.78 is 24.8. The second-order valence-corrected chi connectivity index (χ2v) is 10.4. The zero-order valence-corrected chi connectivity index (χ0v) is 14.6. The molecule has 4 atom stereocenters. The van der Waals surface area contributed by atoms with Gasteiger partial charge in [-0.3, -0.25) is 18.1 Å². The Hall–Kier alpha value is -1.11. The average molecular weight is 349 g/mol. The van der Waals surface area contributed by atoms with E-state index in [9.17, 15) is 13.2 Å². The summed E-state index contributed by atoms with van der Waals surface area (Å²) in [7, 11) is -2.35. The van der Waals surface area contributed by atoms with Gasteiger partial charge in [0.25, 0.3) is 0 Å². The third-order valence-corrected chi connectivity index (χ3v) is 10.6. The largest absolute Gasteiger partial charge is 0.293 e. The minimum atomic E-state index is -1.18. The van der Waals surface area contributed by atoms with Gasteiger partial charge in [0, 0.05) is 46.1 Å². The van der Waals surface area contributed by atoms with Gasteiger partial charge in [-0.1, -0.05) is 36.4 Å². The van der Waals surface area contributed by atoms with E-state index in [1.807, 2.05) is 43.3 Å².